The Hall–Kier alpha value is -9.58. The molecule has 0 saturated heterocycles. The normalized spacial score (nSPS) is 14.3. The van der Waals surface area contributed by atoms with Gasteiger partial charge >= 0.3 is 0 Å². The molecule has 1 atom stereocenters. The Labute approximate surface area is 505 Å². The summed E-state index contributed by atoms with van der Waals surface area (Å²) in [6.07, 6.45) is 0. The molecule has 0 saturated carbocycles. The van der Waals surface area contributed by atoms with Gasteiger partial charge in [-0.2, -0.15) is 0 Å². The van der Waals surface area contributed by atoms with Gasteiger partial charge in [0.2, 0.25) is 0 Å². The van der Waals surface area contributed by atoms with Gasteiger partial charge in [0.05, 0.1) is 22.2 Å². The van der Waals surface area contributed by atoms with Crippen LogP contribution in [0, 0.1) is 13.8 Å². The molecule has 11 aromatic carbocycles. The molecule has 0 fully saturated rings. The van der Waals surface area contributed by atoms with Gasteiger partial charge in [0.1, 0.15) is 28.2 Å². The molecule has 1 aliphatic carbocycles. The van der Waals surface area contributed by atoms with E-state index < -0.39 is 5.41 Å². The minimum atomic E-state index is -0.992. The van der Waals surface area contributed by atoms with Gasteiger partial charge in [0, 0.05) is 50.0 Å². The van der Waals surface area contributed by atoms with Crippen LogP contribution in [0.25, 0.3) is 55.0 Å². The van der Waals surface area contributed by atoms with Crippen LogP contribution in [0.2, 0.25) is 0 Å². The average Bonchev–Trinajstić information content (AvgIpc) is 1.49. The Bertz CT molecular complexity index is 4700. The predicted octanol–water partition coefficient (Wildman–Crippen LogP) is 23.1. The molecular weight excluding hydrogens is 1050 g/mol. The average molecular weight is 1120 g/mol. The lowest BCUT2D eigenvalue weighted by atomic mass is 9.66. The van der Waals surface area contributed by atoms with E-state index in [4.69, 9.17) is 13.6 Å². The van der Waals surface area contributed by atoms with Crippen LogP contribution >= 0.6 is 0 Å². The molecule has 0 bridgehead atoms. The zero-order valence-electron chi connectivity index (χ0n) is 51.1. The predicted molar refractivity (Wildman–Crippen MR) is 360 cm³/mol. The molecule has 0 radical (unpaired) electrons. The number of para-hydroxylation sites is 4. The van der Waals surface area contributed by atoms with Crippen molar-refractivity contribution in [3.63, 3.8) is 0 Å². The highest BCUT2D eigenvalue weighted by molar-refractivity contribution is 6.26. The summed E-state index contributed by atoms with van der Waals surface area (Å²) in [5.41, 5.74) is 20.9. The SMILES string of the molecule is Cc1ccc(C)c(C2(c3ccc(Oc4ccc(C(C)(C)C)cc4)cc3)c3cc(N(c4ccccc4)c4ccc(C(C)(C)C)cc4)c4c(oc5ccccc54)c3-c3c2cc(N(c2ccccc2)c2ccc(C(C)(C)C)cc2)c2oc4ccccc4c32)c1. The van der Waals surface area contributed by atoms with Crippen molar-refractivity contribution in [1.82, 2.24) is 0 Å². The van der Waals surface area contributed by atoms with Crippen LogP contribution in [0.15, 0.2) is 245 Å². The number of fused-ring (bicyclic) bond motifs is 11. The van der Waals surface area contributed by atoms with Gasteiger partial charge in [-0.1, -0.05) is 207 Å². The monoisotopic (exact) mass is 1120 g/mol. The first-order chi connectivity index (χ1) is 41.4. The largest absolute Gasteiger partial charge is 0.457 e. The molecule has 2 heterocycles. The molecular formula is C81H72N2O3. The molecule has 1 aliphatic rings. The van der Waals surface area contributed by atoms with Crippen molar-refractivity contribution in [3.8, 4) is 22.6 Å². The summed E-state index contributed by atoms with van der Waals surface area (Å²) < 4.78 is 21.8. The van der Waals surface area contributed by atoms with Crippen LogP contribution in [0.3, 0.4) is 0 Å². The second-order valence-electron chi connectivity index (χ2n) is 26.6. The number of benzene rings is 11. The Morgan fingerprint density at radius 1 is 0.360 bits per heavy atom. The lowest BCUT2D eigenvalue weighted by Crippen LogP contribution is -2.30. The van der Waals surface area contributed by atoms with Crippen molar-refractivity contribution < 1.29 is 13.6 Å². The van der Waals surface area contributed by atoms with E-state index in [0.29, 0.717) is 0 Å². The number of hydrogen-bond donors (Lipinski definition) is 0. The van der Waals surface area contributed by atoms with Gasteiger partial charge in [-0.25, -0.2) is 0 Å². The zero-order chi connectivity index (χ0) is 59.4. The molecule has 14 rings (SSSR count). The van der Waals surface area contributed by atoms with Crippen LogP contribution in [-0.2, 0) is 21.7 Å². The van der Waals surface area contributed by atoms with Gasteiger partial charge in [-0.05, 0) is 172 Å². The lowest BCUT2D eigenvalue weighted by Gasteiger charge is -2.37. The molecule has 2 aromatic heterocycles. The first-order valence-corrected chi connectivity index (χ1v) is 30.2. The fraction of sp³-hybridized carbons (Fsp3) is 0.185. The molecule has 424 valence electrons. The van der Waals surface area contributed by atoms with Crippen molar-refractivity contribution in [2.24, 2.45) is 0 Å². The number of hydrogen-bond acceptors (Lipinski definition) is 5. The highest BCUT2D eigenvalue weighted by Gasteiger charge is 2.51. The van der Waals surface area contributed by atoms with Crippen molar-refractivity contribution in [2.75, 3.05) is 9.80 Å². The first kappa shape index (κ1) is 54.4. The van der Waals surface area contributed by atoms with E-state index in [2.05, 4.69) is 323 Å². The number of anilines is 6. The number of nitrogens with zero attached hydrogens (tertiary/aromatic N) is 2. The Kier molecular flexibility index (Phi) is 12.8. The molecule has 5 nitrogen and oxygen atoms in total. The van der Waals surface area contributed by atoms with Gasteiger partial charge in [-0.15, -0.1) is 0 Å². The van der Waals surface area contributed by atoms with Crippen molar-refractivity contribution in [1.29, 1.82) is 0 Å². The van der Waals surface area contributed by atoms with E-state index in [1.165, 1.54) is 22.3 Å². The van der Waals surface area contributed by atoms with Gasteiger partial charge in [0.25, 0.3) is 0 Å². The minimum absolute atomic E-state index is 0.0162. The van der Waals surface area contributed by atoms with Gasteiger partial charge in [-0.3, -0.25) is 0 Å². The van der Waals surface area contributed by atoms with Crippen molar-refractivity contribution in [3.05, 3.63) is 287 Å². The fourth-order valence-corrected chi connectivity index (χ4v) is 13.4. The maximum Gasteiger partial charge on any atom is 0.160 e. The summed E-state index contributed by atoms with van der Waals surface area (Å²) in [4.78, 5) is 4.85. The standard InChI is InChI=1S/C81H72N2O3/c1-51-30-31-52(2)65(48-51)81(56-38-46-62(47-39-56)84-61-44-36-55(37-45-61)80(9,10)11)66-50-69(83(58-24-16-13-17-25-58)60-42-34-54(35-43-60)79(6,7)8)76-73(64-27-19-21-29-71(64)85-76)74(66)75-67(81)49-68(72-63-26-18-20-28-70(63)86-77(72)75)82(57-22-14-12-15-23-57)59-40-32-53(33-41-59)78(3,4)5/h12-50H,1-11H3. The second kappa shape index (κ2) is 20.3. The highest BCUT2D eigenvalue weighted by Crippen LogP contribution is 2.65. The van der Waals surface area contributed by atoms with E-state index in [9.17, 15) is 0 Å². The minimum Gasteiger partial charge on any atom is -0.457 e. The highest BCUT2D eigenvalue weighted by atomic mass is 16.5. The first-order valence-electron chi connectivity index (χ1n) is 30.2. The van der Waals surface area contributed by atoms with E-state index in [1.54, 1.807) is 0 Å². The zero-order valence-corrected chi connectivity index (χ0v) is 51.1. The molecule has 0 amide bonds. The van der Waals surface area contributed by atoms with Crippen LogP contribution in [-0.4, -0.2) is 0 Å². The number of rotatable bonds is 10. The smallest absolute Gasteiger partial charge is 0.160 e. The second-order valence-corrected chi connectivity index (χ2v) is 26.6. The van der Waals surface area contributed by atoms with Crippen LogP contribution in [0.4, 0.5) is 34.1 Å². The Morgan fingerprint density at radius 3 is 1.30 bits per heavy atom. The van der Waals surface area contributed by atoms with E-state index >= 15 is 0 Å². The molecule has 86 heavy (non-hydrogen) atoms. The van der Waals surface area contributed by atoms with Crippen LogP contribution < -0.4 is 14.5 Å². The molecule has 0 aliphatic heterocycles. The maximum absolute atomic E-state index is 7.62. The quantitative estimate of drug-likeness (QED) is 0.137. The summed E-state index contributed by atoms with van der Waals surface area (Å²) >= 11 is 0. The van der Waals surface area contributed by atoms with Crippen LogP contribution in [0.1, 0.15) is 112 Å². The molecule has 0 spiro atoms. The number of ether oxygens (including phenoxy) is 1. The topological polar surface area (TPSA) is 42.0 Å². The summed E-state index contributed by atoms with van der Waals surface area (Å²) in [6, 6.07) is 86.4. The maximum atomic E-state index is 7.62. The number of aryl methyl sites for hydroxylation is 2. The summed E-state index contributed by atoms with van der Waals surface area (Å²) in [7, 11) is 0. The molecule has 5 heteroatoms. The van der Waals surface area contributed by atoms with E-state index in [0.717, 1.165) is 128 Å². The Balaban J connectivity index is 1.16. The third-order valence-electron chi connectivity index (χ3n) is 17.8. The molecule has 0 N–H and O–H groups in total. The lowest BCUT2D eigenvalue weighted by molar-refractivity contribution is 0.481. The van der Waals surface area contributed by atoms with E-state index in [-0.39, 0.29) is 16.2 Å². The molecule has 13 aromatic rings. The van der Waals surface area contributed by atoms with Crippen molar-refractivity contribution in [2.45, 2.75) is 97.8 Å². The Morgan fingerprint density at radius 2 is 0.779 bits per heavy atom. The van der Waals surface area contributed by atoms with Crippen molar-refractivity contribution >= 4 is 78.0 Å². The summed E-state index contributed by atoms with van der Waals surface area (Å²) in [6.45, 7) is 24.9. The van der Waals surface area contributed by atoms with Crippen LogP contribution in [0.5, 0.6) is 11.5 Å². The van der Waals surface area contributed by atoms with Gasteiger partial charge < -0.3 is 23.4 Å². The van der Waals surface area contributed by atoms with Gasteiger partial charge in [0.15, 0.2) is 5.58 Å². The fourth-order valence-electron chi connectivity index (χ4n) is 13.4. The molecule has 1 unspecified atom stereocenters. The summed E-state index contributed by atoms with van der Waals surface area (Å²) in [5, 5.41) is 4.12. The third-order valence-corrected chi connectivity index (χ3v) is 17.8. The summed E-state index contributed by atoms with van der Waals surface area (Å²) in [5.74, 6) is 1.54. The van der Waals surface area contributed by atoms with E-state index in [1.807, 2.05) is 0 Å². The number of furan rings is 2. The third kappa shape index (κ3) is 8.97.